The van der Waals surface area contributed by atoms with Crippen molar-refractivity contribution in [3.63, 3.8) is 0 Å². The zero-order valence-corrected chi connectivity index (χ0v) is 25.0. The molecule has 4 nitrogen and oxygen atoms in total. The van der Waals surface area contributed by atoms with Gasteiger partial charge in [0.1, 0.15) is 11.5 Å². The lowest BCUT2D eigenvalue weighted by Crippen LogP contribution is -2.34. The van der Waals surface area contributed by atoms with E-state index in [4.69, 9.17) is 9.47 Å². The van der Waals surface area contributed by atoms with Gasteiger partial charge in [0.2, 0.25) is 0 Å². The molecule has 1 aliphatic carbocycles. The molecule has 0 unspecified atom stereocenters. The van der Waals surface area contributed by atoms with Gasteiger partial charge < -0.3 is 19.7 Å². The van der Waals surface area contributed by atoms with Gasteiger partial charge in [-0.25, -0.2) is 0 Å². The summed E-state index contributed by atoms with van der Waals surface area (Å²) >= 11 is 0. The van der Waals surface area contributed by atoms with Crippen molar-refractivity contribution in [3.8, 4) is 11.5 Å². The Labute approximate surface area is 248 Å². The summed E-state index contributed by atoms with van der Waals surface area (Å²) in [5.74, 6) is 1.59. The molecule has 216 valence electrons. The van der Waals surface area contributed by atoms with E-state index in [2.05, 4.69) is 97.1 Å². The maximum atomic E-state index is 9.67. The molecule has 0 amide bonds. The van der Waals surface area contributed by atoms with Crippen LogP contribution in [0.5, 0.6) is 11.5 Å². The monoisotopic (exact) mass is 560 g/mol. The third-order valence-corrected chi connectivity index (χ3v) is 8.70. The Hall–Kier alpha value is -3.86. The Kier molecular flexibility index (Phi) is 7.24. The second kappa shape index (κ2) is 10.8. The van der Waals surface area contributed by atoms with E-state index in [9.17, 15) is 10.2 Å². The van der Waals surface area contributed by atoms with Gasteiger partial charge in [-0.15, -0.1) is 0 Å². The van der Waals surface area contributed by atoms with Gasteiger partial charge in [-0.1, -0.05) is 100 Å². The van der Waals surface area contributed by atoms with Gasteiger partial charge in [0.05, 0.1) is 26.4 Å². The summed E-state index contributed by atoms with van der Waals surface area (Å²) in [5.41, 5.74) is 4.00. The topological polar surface area (TPSA) is 58.9 Å². The fourth-order valence-electron chi connectivity index (χ4n) is 6.12. The van der Waals surface area contributed by atoms with Crippen LogP contribution in [0.2, 0.25) is 0 Å². The number of hydrogen-bond acceptors (Lipinski definition) is 4. The first-order valence-corrected chi connectivity index (χ1v) is 14.8. The van der Waals surface area contributed by atoms with Crippen LogP contribution in [0.15, 0.2) is 97.1 Å². The Morgan fingerprint density at radius 2 is 1.07 bits per heavy atom. The van der Waals surface area contributed by atoms with Crippen LogP contribution in [-0.4, -0.2) is 36.6 Å². The highest BCUT2D eigenvalue weighted by Gasteiger charge is 2.41. The molecule has 0 atom stereocenters. The molecule has 0 aromatic heterocycles. The van der Waals surface area contributed by atoms with Crippen LogP contribution in [0.4, 0.5) is 0 Å². The van der Waals surface area contributed by atoms with Gasteiger partial charge >= 0.3 is 0 Å². The predicted molar refractivity (Wildman–Crippen MR) is 171 cm³/mol. The predicted octanol–water partition coefficient (Wildman–Crippen LogP) is 7.68. The van der Waals surface area contributed by atoms with Gasteiger partial charge in [0.25, 0.3) is 0 Å². The average molecular weight is 561 g/mol. The molecule has 1 aliphatic rings. The highest BCUT2D eigenvalue weighted by Crippen LogP contribution is 2.51. The molecule has 0 saturated heterocycles. The molecule has 5 aromatic rings. The van der Waals surface area contributed by atoms with Gasteiger partial charge in [0, 0.05) is 16.2 Å². The summed E-state index contributed by atoms with van der Waals surface area (Å²) in [6.07, 6.45) is 0.829. The van der Waals surface area contributed by atoms with Gasteiger partial charge in [-0.2, -0.15) is 0 Å². The van der Waals surface area contributed by atoms with Crippen LogP contribution in [0.1, 0.15) is 49.9 Å². The van der Waals surface area contributed by atoms with Crippen molar-refractivity contribution < 1.29 is 19.7 Å². The van der Waals surface area contributed by atoms with E-state index >= 15 is 0 Å². The zero-order valence-electron chi connectivity index (χ0n) is 25.0. The first-order valence-electron chi connectivity index (χ1n) is 14.8. The van der Waals surface area contributed by atoms with Crippen molar-refractivity contribution in [1.29, 1.82) is 0 Å². The highest BCUT2D eigenvalue weighted by atomic mass is 16.5. The summed E-state index contributed by atoms with van der Waals surface area (Å²) < 4.78 is 12.2. The van der Waals surface area contributed by atoms with Gasteiger partial charge in [-0.05, 0) is 74.5 Å². The SMILES string of the molecule is CC(C)(CO)COc1ccc(C2(c3ccc(OCC(C)(C)CO)cc3)Cc3cccc4ccc5cccc2c5c34)cc1. The molecular weight excluding hydrogens is 520 g/mol. The summed E-state index contributed by atoms with van der Waals surface area (Å²) in [6.45, 7) is 9.00. The molecule has 42 heavy (non-hydrogen) atoms. The molecule has 2 N–H and O–H groups in total. The Morgan fingerprint density at radius 1 is 0.595 bits per heavy atom. The lowest BCUT2D eigenvalue weighted by molar-refractivity contribution is 0.0975. The molecule has 0 bridgehead atoms. The minimum atomic E-state index is -0.423. The first-order chi connectivity index (χ1) is 20.2. The van der Waals surface area contributed by atoms with Crippen LogP contribution in [0, 0.1) is 10.8 Å². The number of ether oxygens (including phenoxy) is 2. The molecule has 0 spiro atoms. The smallest absolute Gasteiger partial charge is 0.119 e. The number of hydrogen-bond donors (Lipinski definition) is 2. The van der Waals surface area contributed by atoms with Crippen molar-refractivity contribution in [2.45, 2.75) is 39.5 Å². The Morgan fingerprint density at radius 3 is 1.57 bits per heavy atom. The van der Waals surface area contributed by atoms with Gasteiger partial charge in [-0.3, -0.25) is 0 Å². The van der Waals surface area contributed by atoms with Crippen molar-refractivity contribution in [2.75, 3.05) is 26.4 Å². The fraction of sp³-hybridized carbons (Fsp3) is 0.316. The van der Waals surface area contributed by atoms with E-state index in [1.165, 1.54) is 43.8 Å². The number of aliphatic hydroxyl groups excluding tert-OH is 2. The van der Waals surface area contributed by atoms with Crippen molar-refractivity contribution >= 4 is 21.5 Å². The van der Waals surface area contributed by atoms with Crippen LogP contribution in [-0.2, 0) is 11.8 Å². The zero-order chi connectivity index (χ0) is 29.5. The lowest BCUT2D eigenvalue weighted by atomic mass is 9.62. The number of benzene rings is 5. The quantitative estimate of drug-likeness (QED) is 0.172. The number of aliphatic hydroxyl groups is 2. The Balaban J connectivity index is 1.49. The summed E-state index contributed by atoms with van der Waals surface area (Å²) in [4.78, 5) is 0. The summed E-state index contributed by atoms with van der Waals surface area (Å²) in [6, 6.07) is 34.8. The normalized spacial score (nSPS) is 14.4. The first kappa shape index (κ1) is 28.3. The molecule has 5 aromatic carbocycles. The fourth-order valence-corrected chi connectivity index (χ4v) is 6.12. The van der Waals surface area contributed by atoms with E-state index in [0.29, 0.717) is 13.2 Å². The third-order valence-electron chi connectivity index (χ3n) is 8.70. The lowest BCUT2D eigenvalue weighted by Gasteiger charge is -2.40. The molecule has 0 radical (unpaired) electrons. The van der Waals surface area contributed by atoms with Crippen LogP contribution >= 0.6 is 0 Å². The molecule has 0 aliphatic heterocycles. The van der Waals surface area contributed by atoms with E-state index in [1.54, 1.807) is 0 Å². The third kappa shape index (κ3) is 5.04. The van der Waals surface area contributed by atoms with Crippen molar-refractivity contribution in [3.05, 3.63) is 119 Å². The van der Waals surface area contributed by atoms with Crippen molar-refractivity contribution in [1.82, 2.24) is 0 Å². The van der Waals surface area contributed by atoms with Crippen LogP contribution in [0.3, 0.4) is 0 Å². The minimum Gasteiger partial charge on any atom is -0.493 e. The molecule has 0 heterocycles. The molecule has 0 saturated carbocycles. The maximum absolute atomic E-state index is 9.67. The van der Waals surface area contributed by atoms with Crippen LogP contribution < -0.4 is 9.47 Å². The van der Waals surface area contributed by atoms with Gasteiger partial charge in [0.15, 0.2) is 0 Å². The molecular formula is C38H40O4. The maximum Gasteiger partial charge on any atom is 0.119 e. The molecule has 6 rings (SSSR count). The summed E-state index contributed by atoms with van der Waals surface area (Å²) in [5, 5.41) is 24.5. The van der Waals surface area contributed by atoms with E-state index < -0.39 is 5.41 Å². The summed E-state index contributed by atoms with van der Waals surface area (Å²) in [7, 11) is 0. The van der Waals surface area contributed by atoms with Crippen LogP contribution in [0.25, 0.3) is 21.5 Å². The minimum absolute atomic E-state index is 0.0698. The average Bonchev–Trinajstić information content (AvgIpc) is 3.02. The molecule has 0 fully saturated rings. The van der Waals surface area contributed by atoms with Crippen molar-refractivity contribution in [2.24, 2.45) is 10.8 Å². The standard InChI is InChI=1S/C38H40O4/c1-36(2,22-39)24-41-31-17-13-29(14-18-31)38(30-15-19-32(20-16-30)42-25-37(3,4)23-40)21-28-9-5-7-26-11-12-27-8-6-10-33(38)35(27)34(26)28/h5-20,39-40H,21-25H2,1-4H3. The number of rotatable bonds is 10. The highest BCUT2D eigenvalue weighted by molar-refractivity contribution is 6.12. The largest absolute Gasteiger partial charge is 0.493 e. The van der Waals surface area contributed by atoms with E-state index in [1.807, 2.05) is 27.7 Å². The Bertz CT molecular complexity index is 1650. The molecule has 4 heteroatoms. The van der Waals surface area contributed by atoms with E-state index in [0.717, 1.165) is 17.9 Å². The van der Waals surface area contributed by atoms with E-state index in [-0.39, 0.29) is 24.0 Å². The second-order valence-corrected chi connectivity index (χ2v) is 13.3. The second-order valence-electron chi connectivity index (χ2n) is 13.3.